The molecule has 0 aliphatic heterocycles. The van der Waals surface area contributed by atoms with Gasteiger partial charge in [0.25, 0.3) is 0 Å². The van der Waals surface area contributed by atoms with Gasteiger partial charge in [-0.05, 0) is 64.4 Å². The van der Waals surface area contributed by atoms with Gasteiger partial charge in [0, 0.05) is 12.6 Å². The second-order valence-corrected chi connectivity index (χ2v) is 6.88. The maximum absolute atomic E-state index is 5.57. The van der Waals surface area contributed by atoms with Crippen LogP contribution in [-0.4, -0.2) is 31.6 Å². The zero-order chi connectivity index (χ0) is 13.7. The third-order valence-corrected chi connectivity index (χ3v) is 4.31. The van der Waals surface area contributed by atoms with Gasteiger partial charge < -0.3 is 14.6 Å². The molecule has 0 amide bonds. The van der Waals surface area contributed by atoms with E-state index in [9.17, 15) is 0 Å². The van der Waals surface area contributed by atoms with Gasteiger partial charge in [0.1, 0.15) is 5.76 Å². The lowest BCUT2D eigenvalue weighted by Crippen LogP contribution is -2.38. The normalized spacial score (nSPS) is 13.6. The summed E-state index contributed by atoms with van der Waals surface area (Å²) in [5.41, 5.74) is 0. The number of halogens is 2. The van der Waals surface area contributed by atoms with E-state index >= 15 is 0 Å². The van der Waals surface area contributed by atoms with Gasteiger partial charge in [-0.15, -0.1) is 0 Å². The average molecular weight is 382 g/mol. The molecule has 104 valence electrons. The van der Waals surface area contributed by atoms with Gasteiger partial charge in [-0.3, -0.25) is 0 Å². The molecule has 0 fully saturated rings. The summed E-state index contributed by atoms with van der Waals surface area (Å²) in [6, 6.07) is 2.49. The molecule has 0 saturated heterocycles. The van der Waals surface area contributed by atoms with E-state index in [1.165, 1.54) is 6.42 Å². The topological polar surface area (TPSA) is 28.4 Å². The third-order valence-electron chi connectivity index (χ3n) is 2.60. The van der Waals surface area contributed by atoms with Crippen molar-refractivity contribution in [3.63, 3.8) is 0 Å². The molecule has 0 aliphatic carbocycles. The first-order valence-electron chi connectivity index (χ1n) is 6.20. The van der Waals surface area contributed by atoms with Gasteiger partial charge >= 0.3 is 0 Å². The summed E-state index contributed by atoms with van der Waals surface area (Å²) in [6.45, 7) is 6.31. The smallest absolute Gasteiger partial charge is 0.183 e. The molecule has 1 aromatic rings. The zero-order valence-electron chi connectivity index (χ0n) is 11.5. The van der Waals surface area contributed by atoms with Crippen molar-refractivity contribution < 1.29 is 4.42 Å². The maximum Gasteiger partial charge on any atom is 0.183 e. The van der Waals surface area contributed by atoms with Crippen LogP contribution < -0.4 is 5.32 Å². The Labute approximate surface area is 127 Å². The number of nitrogens with zero attached hydrogens (tertiary/aromatic N) is 1. The number of nitrogens with one attached hydrogen (secondary N) is 1. The van der Waals surface area contributed by atoms with Crippen LogP contribution in [0.3, 0.4) is 0 Å². The van der Waals surface area contributed by atoms with E-state index in [4.69, 9.17) is 4.42 Å². The zero-order valence-corrected chi connectivity index (χ0v) is 14.6. The second kappa shape index (κ2) is 7.68. The quantitative estimate of drug-likeness (QED) is 0.776. The van der Waals surface area contributed by atoms with Crippen LogP contribution >= 0.6 is 31.9 Å². The highest BCUT2D eigenvalue weighted by molar-refractivity contribution is 9.13. The summed E-state index contributed by atoms with van der Waals surface area (Å²) >= 11 is 6.78. The fourth-order valence-electron chi connectivity index (χ4n) is 1.96. The molecule has 0 spiro atoms. The highest BCUT2D eigenvalue weighted by atomic mass is 79.9. The second-order valence-electron chi connectivity index (χ2n) is 5.30. The molecule has 1 rings (SSSR count). The van der Waals surface area contributed by atoms with Gasteiger partial charge in [-0.25, -0.2) is 0 Å². The first-order chi connectivity index (χ1) is 8.38. The Kier molecular flexibility index (Phi) is 6.92. The first kappa shape index (κ1) is 16.2. The predicted molar refractivity (Wildman–Crippen MR) is 82.7 cm³/mol. The van der Waals surface area contributed by atoms with Crippen LogP contribution in [0.15, 0.2) is 19.6 Å². The number of furan rings is 1. The van der Waals surface area contributed by atoms with E-state index in [-0.39, 0.29) is 0 Å². The largest absolute Gasteiger partial charge is 0.452 e. The monoisotopic (exact) mass is 380 g/mol. The SMILES string of the molecule is CC(C)CC(CN(C)C)NCc1cc(Br)c(Br)o1. The van der Waals surface area contributed by atoms with Gasteiger partial charge in [0.15, 0.2) is 4.67 Å². The Morgan fingerprint density at radius 3 is 2.44 bits per heavy atom. The Morgan fingerprint density at radius 1 is 1.33 bits per heavy atom. The molecular weight excluding hydrogens is 360 g/mol. The highest BCUT2D eigenvalue weighted by Gasteiger charge is 2.13. The van der Waals surface area contributed by atoms with Crippen LogP contribution in [0.4, 0.5) is 0 Å². The van der Waals surface area contributed by atoms with Crippen LogP contribution in [0.25, 0.3) is 0 Å². The molecule has 1 N–H and O–H groups in total. The Bertz CT molecular complexity index is 334. The molecule has 5 heteroatoms. The van der Waals surface area contributed by atoms with Crippen molar-refractivity contribution >= 4 is 31.9 Å². The van der Waals surface area contributed by atoms with Gasteiger partial charge in [0.2, 0.25) is 0 Å². The summed E-state index contributed by atoms with van der Waals surface area (Å²) in [6.07, 6.45) is 1.17. The average Bonchev–Trinajstić information content (AvgIpc) is 2.53. The minimum absolute atomic E-state index is 0.489. The minimum Gasteiger partial charge on any atom is -0.452 e. The van der Waals surface area contributed by atoms with Crippen molar-refractivity contribution in [3.05, 3.63) is 21.0 Å². The van der Waals surface area contributed by atoms with E-state index < -0.39 is 0 Å². The Hall–Kier alpha value is 0.160. The predicted octanol–water partition coefficient (Wildman–Crippen LogP) is 3.87. The van der Waals surface area contributed by atoms with E-state index in [1.54, 1.807) is 0 Å². The molecule has 0 saturated carbocycles. The van der Waals surface area contributed by atoms with Crippen molar-refractivity contribution in [2.75, 3.05) is 20.6 Å². The number of likely N-dealkylation sites (N-methyl/N-ethyl adjacent to an activating group) is 1. The molecule has 0 aliphatic rings. The van der Waals surface area contributed by atoms with Gasteiger partial charge in [0.05, 0.1) is 11.0 Å². The summed E-state index contributed by atoms with van der Waals surface area (Å²) in [4.78, 5) is 2.22. The van der Waals surface area contributed by atoms with Crippen molar-refractivity contribution in [3.8, 4) is 0 Å². The minimum atomic E-state index is 0.489. The number of hydrogen-bond acceptors (Lipinski definition) is 3. The van der Waals surface area contributed by atoms with E-state index in [2.05, 4.69) is 70.0 Å². The Morgan fingerprint density at radius 2 is 2.00 bits per heavy atom. The Balaban J connectivity index is 2.50. The van der Waals surface area contributed by atoms with Crippen molar-refractivity contribution in [2.24, 2.45) is 5.92 Å². The van der Waals surface area contributed by atoms with Crippen LogP contribution in [0.2, 0.25) is 0 Å². The number of hydrogen-bond donors (Lipinski definition) is 1. The summed E-state index contributed by atoms with van der Waals surface area (Å²) < 4.78 is 7.29. The third kappa shape index (κ3) is 5.87. The van der Waals surface area contributed by atoms with Crippen LogP contribution in [0.5, 0.6) is 0 Å². The van der Waals surface area contributed by atoms with E-state index in [0.717, 1.165) is 28.0 Å². The molecule has 1 unspecified atom stereocenters. The summed E-state index contributed by atoms with van der Waals surface area (Å²) in [7, 11) is 4.21. The first-order valence-corrected chi connectivity index (χ1v) is 7.79. The molecule has 1 atom stereocenters. The van der Waals surface area contributed by atoms with Gasteiger partial charge in [-0.1, -0.05) is 13.8 Å². The molecule has 1 aromatic heterocycles. The molecule has 3 nitrogen and oxygen atoms in total. The lowest BCUT2D eigenvalue weighted by atomic mass is 10.0. The fraction of sp³-hybridized carbons (Fsp3) is 0.692. The fourth-order valence-corrected chi connectivity index (χ4v) is 2.61. The van der Waals surface area contributed by atoms with Crippen LogP contribution in [0.1, 0.15) is 26.0 Å². The molecule has 18 heavy (non-hydrogen) atoms. The van der Waals surface area contributed by atoms with Crippen LogP contribution in [0, 0.1) is 5.92 Å². The van der Waals surface area contributed by atoms with Crippen LogP contribution in [-0.2, 0) is 6.54 Å². The van der Waals surface area contributed by atoms with Gasteiger partial charge in [-0.2, -0.15) is 0 Å². The summed E-state index contributed by atoms with van der Waals surface area (Å²) in [5, 5.41) is 3.56. The lowest BCUT2D eigenvalue weighted by Gasteiger charge is -2.23. The molecule has 0 radical (unpaired) electrons. The molecule has 0 aromatic carbocycles. The molecule has 1 heterocycles. The van der Waals surface area contributed by atoms with Crippen molar-refractivity contribution in [2.45, 2.75) is 32.9 Å². The highest BCUT2D eigenvalue weighted by Crippen LogP contribution is 2.26. The molecular formula is C13H22Br2N2O. The van der Waals surface area contributed by atoms with Crippen molar-refractivity contribution in [1.29, 1.82) is 0 Å². The summed E-state index contributed by atoms with van der Waals surface area (Å²) in [5.74, 6) is 1.64. The standard InChI is InChI=1S/C13H22Br2N2O/c1-9(2)5-10(8-17(3)4)16-7-11-6-12(14)13(15)18-11/h6,9-10,16H,5,7-8H2,1-4H3. The van der Waals surface area contributed by atoms with Crippen molar-refractivity contribution in [1.82, 2.24) is 10.2 Å². The lowest BCUT2D eigenvalue weighted by molar-refractivity contribution is 0.298. The van der Waals surface area contributed by atoms with E-state index in [1.807, 2.05) is 6.07 Å². The molecule has 0 bridgehead atoms. The maximum atomic E-state index is 5.57. The van der Waals surface area contributed by atoms with E-state index in [0.29, 0.717) is 12.0 Å². The number of rotatable bonds is 7.